The topological polar surface area (TPSA) is 49.3 Å². The molecule has 0 aliphatic heterocycles. The molecule has 19 heavy (non-hydrogen) atoms. The number of thiophene rings is 1. The van der Waals surface area contributed by atoms with Crippen LogP contribution in [-0.2, 0) is 4.79 Å². The molecule has 1 unspecified atom stereocenters. The third-order valence-corrected chi connectivity index (χ3v) is 3.68. The van der Waals surface area contributed by atoms with Crippen LogP contribution in [0.15, 0.2) is 41.8 Å². The molecule has 1 aromatic carbocycles. The Bertz CT molecular complexity index is 535. The molecular weight excluding hydrogens is 258 g/mol. The number of carbonyl (C=O) groups is 1. The SMILES string of the molecule is CC(O)CCC(=O)Nc1ccccc1-c1cccs1. The Morgan fingerprint density at radius 1 is 1.32 bits per heavy atom. The van der Waals surface area contributed by atoms with Gasteiger partial charge in [0.25, 0.3) is 0 Å². The normalized spacial score (nSPS) is 12.1. The van der Waals surface area contributed by atoms with E-state index in [1.165, 1.54) is 0 Å². The lowest BCUT2D eigenvalue weighted by molar-refractivity contribution is -0.116. The number of hydrogen-bond acceptors (Lipinski definition) is 3. The predicted octanol–water partition coefficient (Wildman–Crippen LogP) is 3.51. The van der Waals surface area contributed by atoms with E-state index in [-0.39, 0.29) is 5.91 Å². The van der Waals surface area contributed by atoms with Crippen LogP contribution < -0.4 is 5.32 Å². The highest BCUT2D eigenvalue weighted by molar-refractivity contribution is 7.13. The minimum atomic E-state index is -0.446. The van der Waals surface area contributed by atoms with Crippen molar-refractivity contribution in [2.45, 2.75) is 25.9 Å². The smallest absolute Gasteiger partial charge is 0.224 e. The summed E-state index contributed by atoms with van der Waals surface area (Å²) in [6.07, 6.45) is 0.363. The average Bonchev–Trinajstić information content (AvgIpc) is 2.91. The predicted molar refractivity (Wildman–Crippen MR) is 79.3 cm³/mol. The van der Waals surface area contributed by atoms with Crippen molar-refractivity contribution in [2.24, 2.45) is 0 Å². The summed E-state index contributed by atoms with van der Waals surface area (Å²) in [6, 6.07) is 11.8. The zero-order valence-electron chi connectivity index (χ0n) is 10.8. The molecule has 2 aromatic rings. The number of benzene rings is 1. The van der Waals surface area contributed by atoms with Gasteiger partial charge in [-0.15, -0.1) is 11.3 Å². The number of hydrogen-bond donors (Lipinski definition) is 2. The molecule has 0 saturated heterocycles. The summed E-state index contributed by atoms with van der Waals surface area (Å²) >= 11 is 1.64. The van der Waals surface area contributed by atoms with E-state index in [4.69, 9.17) is 0 Å². The Morgan fingerprint density at radius 3 is 2.79 bits per heavy atom. The monoisotopic (exact) mass is 275 g/mol. The highest BCUT2D eigenvalue weighted by Gasteiger charge is 2.09. The van der Waals surface area contributed by atoms with Gasteiger partial charge in [0.1, 0.15) is 0 Å². The highest BCUT2D eigenvalue weighted by Crippen LogP contribution is 2.31. The zero-order chi connectivity index (χ0) is 13.7. The van der Waals surface area contributed by atoms with Crippen LogP contribution in [0.1, 0.15) is 19.8 Å². The Hall–Kier alpha value is -1.65. The van der Waals surface area contributed by atoms with E-state index in [0.29, 0.717) is 12.8 Å². The molecular formula is C15H17NO2S. The first-order chi connectivity index (χ1) is 9.16. The fraction of sp³-hybridized carbons (Fsp3) is 0.267. The van der Waals surface area contributed by atoms with Gasteiger partial charge < -0.3 is 10.4 Å². The summed E-state index contributed by atoms with van der Waals surface area (Å²) < 4.78 is 0. The molecule has 0 bridgehead atoms. The van der Waals surface area contributed by atoms with E-state index in [0.717, 1.165) is 16.1 Å². The summed E-state index contributed by atoms with van der Waals surface area (Å²) in [5.74, 6) is -0.0649. The molecule has 1 aromatic heterocycles. The third kappa shape index (κ3) is 3.91. The number of anilines is 1. The molecule has 3 nitrogen and oxygen atoms in total. The van der Waals surface area contributed by atoms with Crippen molar-refractivity contribution in [1.29, 1.82) is 0 Å². The van der Waals surface area contributed by atoms with Crippen LogP contribution >= 0.6 is 11.3 Å². The first kappa shape index (κ1) is 13.8. The van der Waals surface area contributed by atoms with E-state index < -0.39 is 6.10 Å². The second-order valence-electron chi connectivity index (χ2n) is 4.46. The maximum atomic E-state index is 11.8. The molecule has 0 aliphatic rings. The van der Waals surface area contributed by atoms with E-state index in [9.17, 15) is 9.90 Å². The number of aliphatic hydroxyl groups excluding tert-OH is 1. The van der Waals surface area contributed by atoms with Gasteiger partial charge in [0.15, 0.2) is 0 Å². The number of carbonyl (C=O) groups excluding carboxylic acids is 1. The highest BCUT2D eigenvalue weighted by atomic mass is 32.1. The van der Waals surface area contributed by atoms with Gasteiger partial charge in [0, 0.05) is 22.5 Å². The molecule has 2 rings (SSSR count). The maximum absolute atomic E-state index is 11.8. The first-order valence-corrected chi connectivity index (χ1v) is 7.15. The fourth-order valence-corrected chi connectivity index (χ4v) is 2.56. The van der Waals surface area contributed by atoms with Crippen molar-refractivity contribution < 1.29 is 9.90 Å². The maximum Gasteiger partial charge on any atom is 0.224 e. The number of nitrogens with one attached hydrogen (secondary N) is 1. The van der Waals surface area contributed by atoms with Crippen molar-refractivity contribution in [1.82, 2.24) is 0 Å². The van der Waals surface area contributed by atoms with Crippen molar-refractivity contribution in [3.63, 3.8) is 0 Å². The lowest BCUT2D eigenvalue weighted by atomic mass is 10.1. The lowest BCUT2D eigenvalue weighted by Gasteiger charge is -2.10. The van der Waals surface area contributed by atoms with E-state index in [1.807, 2.05) is 41.8 Å². The minimum Gasteiger partial charge on any atom is -0.393 e. The molecule has 0 aliphatic carbocycles. The minimum absolute atomic E-state index is 0.0649. The summed E-state index contributed by atoms with van der Waals surface area (Å²) in [4.78, 5) is 13.0. The molecule has 1 atom stereocenters. The van der Waals surface area contributed by atoms with Crippen LogP contribution in [0.4, 0.5) is 5.69 Å². The summed E-state index contributed by atoms with van der Waals surface area (Å²) in [6.45, 7) is 1.69. The van der Waals surface area contributed by atoms with Crippen molar-refractivity contribution >= 4 is 22.9 Å². The molecule has 0 spiro atoms. The molecule has 2 N–H and O–H groups in total. The largest absolute Gasteiger partial charge is 0.393 e. The zero-order valence-corrected chi connectivity index (χ0v) is 11.6. The van der Waals surface area contributed by atoms with Crippen LogP contribution in [0.25, 0.3) is 10.4 Å². The van der Waals surface area contributed by atoms with Gasteiger partial charge >= 0.3 is 0 Å². The van der Waals surface area contributed by atoms with Crippen molar-refractivity contribution in [3.05, 3.63) is 41.8 Å². The van der Waals surface area contributed by atoms with Crippen LogP contribution in [0, 0.1) is 0 Å². The van der Waals surface area contributed by atoms with Gasteiger partial charge in [0.2, 0.25) is 5.91 Å². The van der Waals surface area contributed by atoms with Crippen molar-refractivity contribution in [2.75, 3.05) is 5.32 Å². The van der Waals surface area contributed by atoms with E-state index in [2.05, 4.69) is 5.32 Å². The Labute approximate surface area is 116 Å². The van der Waals surface area contributed by atoms with Gasteiger partial charge in [-0.25, -0.2) is 0 Å². The van der Waals surface area contributed by atoms with Crippen molar-refractivity contribution in [3.8, 4) is 10.4 Å². The third-order valence-electron chi connectivity index (χ3n) is 2.78. The molecule has 0 saturated carbocycles. The van der Waals surface area contributed by atoms with E-state index >= 15 is 0 Å². The van der Waals surface area contributed by atoms with Crippen LogP contribution in [0.5, 0.6) is 0 Å². The standard InChI is InChI=1S/C15H17NO2S/c1-11(17)8-9-15(18)16-13-6-3-2-5-12(13)14-7-4-10-19-14/h2-7,10-11,17H,8-9H2,1H3,(H,16,18). The van der Waals surface area contributed by atoms with Gasteiger partial charge in [-0.3, -0.25) is 4.79 Å². The lowest BCUT2D eigenvalue weighted by Crippen LogP contribution is -2.14. The number of aliphatic hydroxyl groups is 1. The number of rotatable bonds is 5. The summed E-state index contributed by atoms with van der Waals surface area (Å²) in [5.41, 5.74) is 1.85. The van der Waals surface area contributed by atoms with Crippen LogP contribution in [-0.4, -0.2) is 17.1 Å². The Kier molecular flexibility index (Phi) is 4.71. The number of amides is 1. The fourth-order valence-electron chi connectivity index (χ4n) is 1.79. The molecule has 0 fully saturated rings. The second-order valence-corrected chi connectivity index (χ2v) is 5.41. The van der Waals surface area contributed by atoms with E-state index in [1.54, 1.807) is 18.3 Å². The van der Waals surface area contributed by atoms with Gasteiger partial charge in [0.05, 0.1) is 6.10 Å². The Morgan fingerprint density at radius 2 is 2.11 bits per heavy atom. The first-order valence-electron chi connectivity index (χ1n) is 6.27. The van der Waals surface area contributed by atoms with Crippen LogP contribution in [0.3, 0.4) is 0 Å². The summed E-state index contributed by atoms with van der Waals surface area (Å²) in [7, 11) is 0. The van der Waals surface area contributed by atoms with Crippen LogP contribution in [0.2, 0.25) is 0 Å². The molecule has 1 heterocycles. The molecule has 0 radical (unpaired) electrons. The van der Waals surface area contributed by atoms with Gasteiger partial charge in [-0.1, -0.05) is 24.3 Å². The summed E-state index contributed by atoms with van der Waals surface area (Å²) in [5, 5.41) is 14.1. The Balaban J connectivity index is 2.10. The quantitative estimate of drug-likeness (QED) is 0.877. The molecule has 100 valence electrons. The van der Waals surface area contributed by atoms with Gasteiger partial charge in [-0.05, 0) is 30.9 Å². The number of para-hydroxylation sites is 1. The van der Waals surface area contributed by atoms with Gasteiger partial charge in [-0.2, -0.15) is 0 Å². The molecule has 1 amide bonds. The average molecular weight is 275 g/mol. The molecule has 4 heteroatoms. The second kappa shape index (κ2) is 6.50.